The number of allylic oxidation sites excluding steroid dienone is 2. The van der Waals surface area contributed by atoms with Crippen LogP contribution in [0.25, 0.3) is 0 Å². The summed E-state index contributed by atoms with van der Waals surface area (Å²) in [5, 5.41) is 19.4. The van der Waals surface area contributed by atoms with Gasteiger partial charge in [-0.05, 0) is 48.7 Å². The van der Waals surface area contributed by atoms with Crippen LogP contribution in [-0.2, 0) is 11.3 Å². The molecular formula is C30H34N2O4. The van der Waals surface area contributed by atoms with Crippen molar-refractivity contribution in [1.29, 1.82) is 0 Å². The number of carbonyl (C=O) groups excluding carboxylic acids is 1. The molecule has 0 saturated heterocycles. The number of aliphatic carboxylic acids is 1. The molecule has 1 aliphatic rings. The molecule has 1 heterocycles. The van der Waals surface area contributed by atoms with Crippen molar-refractivity contribution in [2.45, 2.75) is 71.3 Å². The Kier molecular flexibility index (Phi) is 10.3. The van der Waals surface area contributed by atoms with Gasteiger partial charge in [0.05, 0.1) is 12.1 Å². The number of unbranched alkanes of at least 4 members (excludes halogenated alkanes) is 6. The summed E-state index contributed by atoms with van der Waals surface area (Å²) in [7, 11) is 0. The average Bonchev–Trinajstić information content (AvgIpc) is 2.90. The summed E-state index contributed by atoms with van der Waals surface area (Å²) in [6.45, 7) is 2.49. The van der Waals surface area contributed by atoms with Crippen LogP contribution in [0.2, 0.25) is 0 Å². The molecule has 0 fully saturated rings. The summed E-state index contributed by atoms with van der Waals surface area (Å²) in [4.78, 5) is 30.5. The largest absolute Gasteiger partial charge is 0.511 e. The minimum atomic E-state index is -1.22. The second kappa shape index (κ2) is 13.9. The number of aromatic nitrogens is 1. The van der Waals surface area contributed by atoms with E-state index in [-0.39, 0.29) is 30.2 Å². The van der Waals surface area contributed by atoms with Crippen LogP contribution in [0.4, 0.5) is 0 Å². The van der Waals surface area contributed by atoms with Gasteiger partial charge >= 0.3 is 5.97 Å². The molecule has 1 aromatic heterocycles. The van der Waals surface area contributed by atoms with Gasteiger partial charge in [-0.3, -0.25) is 9.78 Å². The van der Waals surface area contributed by atoms with Gasteiger partial charge in [-0.15, -0.1) is 0 Å². The van der Waals surface area contributed by atoms with E-state index in [2.05, 4.69) is 23.7 Å². The first kappa shape index (κ1) is 26.7. The molecule has 2 aromatic rings. The molecule has 0 atom stereocenters. The van der Waals surface area contributed by atoms with Gasteiger partial charge in [0.2, 0.25) is 0 Å². The molecule has 6 nitrogen and oxygen atoms in total. The van der Waals surface area contributed by atoms with Crippen LogP contribution in [0.15, 0.2) is 71.9 Å². The standard InChI is InChI=1S/C30H34N2O4/c1-2-3-4-5-6-7-8-9-10-23-11-13-24(14-12-23)22-32(29(34)25-17-19-31-20-18-25)26-15-16-28(33)27(21-26)30(35)36/h11-14,17-21,33H,2-8,15-16,22H2,1H3,(H,35,36). The van der Waals surface area contributed by atoms with E-state index in [1.165, 1.54) is 38.2 Å². The van der Waals surface area contributed by atoms with Gasteiger partial charge in [0.15, 0.2) is 0 Å². The first-order valence-corrected chi connectivity index (χ1v) is 12.6. The van der Waals surface area contributed by atoms with Gasteiger partial charge in [0, 0.05) is 42.1 Å². The lowest BCUT2D eigenvalue weighted by atomic mass is 10.00. The van der Waals surface area contributed by atoms with E-state index in [1.807, 2.05) is 24.3 Å². The average molecular weight is 487 g/mol. The van der Waals surface area contributed by atoms with Crippen molar-refractivity contribution < 1.29 is 19.8 Å². The van der Waals surface area contributed by atoms with Crippen molar-refractivity contribution in [3.8, 4) is 11.8 Å². The fourth-order valence-electron chi connectivity index (χ4n) is 4.09. The van der Waals surface area contributed by atoms with Crippen molar-refractivity contribution >= 4 is 11.9 Å². The SMILES string of the molecule is CCCCCCCCC#Cc1ccc(CN(C(=O)c2ccncc2)C2=CC(C(=O)O)=C(O)CC2)cc1. The molecule has 1 aromatic carbocycles. The van der Waals surface area contributed by atoms with Crippen molar-refractivity contribution in [2.24, 2.45) is 0 Å². The highest BCUT2D eigenvalue weighted by atomic mass is 16.4. The number of hydrogen-bond donors (Lipinski definition) is 2. The minimum Gasteiger partial charge on any atom is -0.511 e. The Morgan fingerprint density at radius 1 is 0.972 bits per heavy atom. The highest BCUT2D eigenvalue weighted by Gasteiger charge is 2.26. The first-order chi connectivity index (χ1) is 17.5. The molecule has 0 radical (unpaired) electrons. The summed E-state index contributed by atoms with van der Waals surface area (Å²) >= 11 is 0. The fraction of sp³-hybridized carbons (Fsp3) is 0.367. The summed E-state index contributed by atoms with van der Waals surface area (Å²) in [6.07, 6.45) is 13.4. The molecule has 0 unspecified atom stereocenters. The molecule has 1 aliphatic carbocycles. The van der Waals surface area contributed by atoms with Gasteiger partial charge in [-0.25, -0.2) is 4.79 Å². The lowest BCUT2D eigenvalue weighted by molar-refractivity contribution is -0.132. The van der Waals surface area contributed by atoms with E-state index >= 15 is 0 Å². The van der Waals surface area contributed by atoms with Gasteiger partial charge < -0.3 is 15.1 Å². The third-order valence-electron chi connectivity index (χ3n) is 6.17. The molecular weight excluding hydrogens is 452 g/mol. The Morgan fingerprint density at radius 3 is 2.36 bits per heavy atom. The predicted octanol–water partition coefficient (Wildman–Crippen LogP) is 6.40. The highest BCUT2D eigenvalue weighted by Crippen LogP contribution is 2.28. The Bertz CT molecular complexity index is 1150. The molecule has 36 heavy (non-hydrogen) atoms. The van der Waals surface area contributed by atoms with Gasteiger partial charge in [-0.2, -0.15) is 0 Å². The Morgan fingerprint density at radius 2 is 1.67 bits per heavy atom. The number of carboxylic acids is 1. The number of benzene rings is 1. The van der Waals surface area contributed by atoms with Crippen LogP contribution in [0.1, 0.15) is 86.2 Å². The van der Waals surface area contributed by atoms with Crippen LogP contribution in [0, 0.1) is 11.8 Å². The molecule has 0 bridgehead atoms. The number of hydrogen-bond acceptors (Lipinski definition) is 4. The highest BCUT2D eigenvalue weighted by molar-refractivity contribution is 5.96. The molecule has 1 amide bonds. The van der Waals surface area contributed by atoms with Crippen molar-refractivity contribution in [3.63, 3.8) is 0 Å². The van der Waals surface area contributed by atoms with Crippen LogP contribution >= 0.6 is 0 Å². The van der Waals surface area contributed by atoms with Crippen LogP contribution < -0.4 is 0 Å². The molecule has 3 rings (SSSR count). The number of aliphatic hydroxyl groups is 1. The third-order valence-corrected chi connectivity index (χ3v) is 6.17. The lowest BCUT2D eigenvalue weighted by Gasteiger charge is -2.28. The maximum absolute atomic E-state index is 13.4. The number of nitrogens with zero attached hydrogens (tertiary/aromatic N) is 2. The predicted molar refractivity (Wildman–Crippen MR) is 140 cm³/mol. The zero-order valence-electron chi connectivity index (χ0n) is 20.9. The number of amides is 1. The van der Waals surface area contributed by atoms with Crippen LogP contribution in [0.3, 0.4) is 0 Å². The second-order valence-electron chi connectivity index (χ2n) is 8.94. The molecule has 2 N–H and O–H groups in total. The maximum atomic E-state index is 13.4. The number of rotatable bonds is 11. The maximum Gasteiger partial charge on any atom is 0.339 e. The zero-order chi connectivity index (χ0) is 25.8. The van der Waals surface area contributed by atoms with Gasteiger partial charge in [0.1, 0.15) is 5.76 Å². The topological polar surface area (TPSA) is 90.7 Å². The molecule has 0 spiro atoms. The Balaban J connectivity index is 1.71. The van der Waals surface area contributed by atoms with E-state index in [1.54, 1.807) is 29.4 Å². The summed E-state index contributed by atoms with van der Waals surface area (Å²) in [5.74, 6) is 4.82. The van der Waals surface area contributed by atoms with Crippen molar-refractivity contribution in [2.75, 3.05) is 0 Å². The first-order valence-electron chi connectivity index (χ1n) is 12.6. The van der Waals surface area contributed by atoms with Crippen molar-refractivity contribution in [3.05, 3.63) is 88.6 Å². The van der Waals surface area contributed by atoms with E-state index in [9.17, 15) is 19.8 Å². The Hall–Kier alpha value is -3.85. The number of aliphatic hydroxyl groups excluding tert-OH is 1. The van der Waals surface area contributed by atoms with Crippen molar-refractivity contribution in [1.82, 2.24) is 9.88 Å². The fourth-order valence-corrected chi connectivity index (χ4v) is 4.09. The molecule has 0 saturated carbocycles. The van der Waals surface area contributed by atoms with Crippen LogP contribution in [-0.4, -0.2) is 32.0 Å². The van der Waals surface area contributed by atoms with E-state index in [4.69, 9.17) is 0 Å². The number of carboxylic acid groups (broad SMARTS) is 1. The number of pyridine rings is 1. The number of carbonyl (C=O) groups is 2. The zero-order valence-corrected chi connectivity index (χ0v) is 20.9. The molecule has 6 heteroatoms. The quantitative estimate of drug-likeness (QED) is 0.283. The molecule has 0 aliphatic heterocycles. The van der Waals surface area contributed by atoms with E-state index in [0.29, 0.717) is 17.7 Å². The normalized spacial score (nSPS) is 13.0. The Labute approximate surface area is 213 Å². The second-order valence-corrected chi connectivity index (χ2v) is 8.94. The van der Waals surface area contributed by atoms with Crippen LogP contribution in [0.5, 0.6) is 0 Å². The monoisotopic (exact) mass is 486 g/mol. The minimum absolute atomic E-state index is 0.167. The van der Waals surface area contributed by atoms with E-state index < -0.39 is 5.97 Å². The van der Waals surface area contributed by atoms with Gasteiger partial charge in [-0.1, -0.05) is 63.0 Å². The summed E-state index contributed by atoms with van der Waals surface area (Å²) in [6, 6.07) is 11.0. The molecule has 188 valence electrons. The van der Waals surface area contributed by atoms with Gasteiger partial charge in [0.25, 0.3) is 5.91 Å². The summed E-state index contributed by atoms with van der Waals surface area (Å²) in [5.41, 5.74) is 2.65. The third kappa shape index (κ3) is 7.84. The lowest BCUT2D eigenvalue weighted by Crippen LogP contribution is -2.31. The van der Waals surface area contributed by atoms with E-state index in [0.717, 1.165) is 24.0 Å². The smallest absolute Gasteiger partial charge is 0.339 e. The summed E-state index contributed by atoms with van der Waals surface area (Å²) < 4.78 is 0.